The van der Waals surface area contributed by atoms with E-state index in [0.717, 1.165) is 0 Å². The SMILES string of the molecule is CC(C)C(=O)N1CCN(c2cc(S(=O)(=O)NC3(CF)COC3)cc3c2n2ccnc2n3-c2nnc(C(F)F)s2)CC1. The average Bonchev–Trinajstić information content (AvgIpc) is 3.66. The van der Waals surface area contributed by atoms with Crippen LogP contribution in [0, 0.1) is 5.92 Å². The van der Waals surface area contributed by atoms with Crippen molar-refractivity contribution in [1.29, 1.82) is 0 Å². The van der Waals surface area contributed by atoms with Crippen LogP contribution in [0.1, 0.15) is 25.3 Å². The molecule has 0 spiro atoms. The second-order valence-electron chi connectivity index (χ2n) is 10.4. The van der Waals surface area contributed by atoms with Gasteiger partial charge in [-0.1, -0.05) is 25.2 Å². The molecule has 5 heterocycles. The van der Waals surface area contributed by atoms with Crippen LogP contribution < -0.4 is 9.62 Å². The van der Waals surface area contributed by atoms with E-state index in [1.807, 2.05) is 18.7 Å². The predicted molar refractivity (Wildman–Crippen MR) is 144 cm³/mol. The van der Waals surface area contributed by atoms with Gasteiger partial charge in [0, 0.05) is 44.5 Å². The van der Waals surface area contributed by atoms with Crippen LogP contribution in [-0.2, 0) is 19.6 Å². The molecule has 2 aliphatic heterocycles. The summed E-state index contributed by atoms with van der Waals surface area (Å²) in [5.74, 6) is 0.196. The van der Waals surface area contributed by atoms with Gasteiger partial charge in [0.05, 0.1) is 34.8 Å². The van der Waals surface area contributed by atoms with Gasteiger partial charge in [-0.2, -0.15) is 4.72 Å². The molecule has 0 unspecified atom stereocenters. The molecular weight excluding hydrogens is 585 g/mol. The Morgan fingerprint density at radius 2 is 1.90 bits per heavy atom. The maximum Gasteiger partial charge on any atom is 0.291 e. The molecule has 0 bridgehead atoms. The lowest BCUT2D eigenvalue weighted by molar-refractivity contribution is -0.134. The standard InChI is InChI=1S/C24H27F3N8O4S2/c1-14(2)21(36)33-7-5-32(6-8-33)16-9-15(41(37,38)31-24(11-25)12-39-13-24)10-17-18(16)34-4-3-28-22(34)35(17)23-30-29-20(40-23)19(26)27/h3-4,9-10,14,19,31H,5-8,11-13H2,1-2H3. The van der Waals surface area contributed by atoms with Crippen molar-refractivity contribution < 1.29 is 31.1 Å². The zero-order chi connectivity index (χ0) is 29.1. The number of amides is 1. The molecule has 41 heavy (non-hydrogen) atoms. The van der Waals surface area contributed by atoms with Crippen LogP contribution in [0.5, 0.6) is 0 Å². The summed E-state index contributed by atoms with van der Waals surface area (Å²) in [7, 11) is -4.26. The van der Waals surface area contributed by atoms with Gasteiger partial charge < -0.3 is 14.5 Å². The highest BCUT2D eigenvalue weighted by Crippen LogP contribution is 2.37. The fraction of sp³-hybridized carbons (Fsp3) is 0.500. The lowest BCUT2D eigenvalue weighted by Gasteiger charge is -2.39. The quantitative estimate of drug-likeness (QED) is 0.322. The van der Waals surface area contributed by atoms with Gasteiger partial charge in [0.25, 0.3) is 6.43 Å². The number of nitrogens with one attached hydrogen (secondary N) is 1. The van der Waals surface area contributed by atoms with E-state index in [2.05, 4.69) is 19.9 Å². The molecule has 2 saturated heterocycles. The molecule has 2 aliphatic rings. The summed E-state index contributed by atoms with van der Waals surface area (Å²) in [4.78, 5) is 20.6. The molecule has 6 rings (SSSR count). The number of anilines is 1. The number of piperazine rings is 1. The Kier molecular flexibility index (Phi) is 6.94. The topological polar surface area (TPSA) is 127 Å². The number of rotatable bonds is 8. The van der Waals surface area contributed by atoms with Gasteiger partial charge in [0.15, 0.2) is 5.01 Å². The van der Waals surface area contributed by atoms with E-state index in [-0.39, 0.29) is 35.1 Å². The third-order valence-electron chi connectivity index (χ3n) is 7.25. The number of fused-ring (bicyclic) bond motifs is 3. The Hall–Kier alpha value is -3.28. The predicted octanol–water partition coefficient (Wildman–Crippen LogP) is 2.39. The molecule has 0 atom stereocenters. The normalized spacial score (nSPS) is 17.7. The van der Waals surface area contributed by atoms with Crippen LogP contribution in [0.4, 0.5) is 18.9 Å². The van der Waals surface area contributed by atoms with Crippen molar-refractivity contribution in [3.8, 4) is 5.13 Å². The molecule has 0 radical (unpaired) electrons. The second kappa shape index (κ2) is 10.2. The molecule has 0 saturated carbocycles. The molecule has 2 fully saturated rings. The summed E-state index contributed by atoms with van der Waals surface area (Å²) in [6, 6.07) is 2.90. The fourth-order valence-electron chi connectivity index (χ4n) is 5.12. The monoisotopic (exact) mass is 612 g/mol. The number of hydrogen-bond acceptors (Lipinski definition) is 9. The second-order valence-corrected chi connectivity index (χ2v) is 13.1. The highest BCUT2D eigenvalue weighted by atomic mass is 32.2. The van der Waals surface area contributed by atoms with Crippen molar-refractivity contribution in [1.82, 2.24) is 33.8 Å². The number of nitrogens with zero attached hydrogens (tertiary/aromatic N) is 7. The van der Waals surface area contributed by atoms with Crippen LogP contribution in [0.25, 0.3) is 21.9 Å². The van der Waals surface area contributed by atoms with Crippen molar-refractivity contribution in [2.45, 2.75) is 30.7 Å². The Morgan fingerprint density at radius 3 is 2.49 bits per heavy atom. The average molecular weight is 613 g/mol. The Morgan fingerprint density at radius 1 is 1.17 bits per heavy atom. The minimum atomic E-state index is -4.26. The van der Waals surface area contributed by atoms with Crippen LogP contribution in [-0.4, -0.2) is 95.0 Å². The van der Waals surface area contributed by atoms with Gasteiger partial charge >= 0.3 is 0 Å². The van der Waals surface area contributed by atoms with Crippen LogP contribution in [0.2, 0.25) is 0 Å². The van der Waals surface area contributed by atoms with Crippen molar-refractivity contribution in [2.75, 3.05) is 51.0 Å². The number of carbonyl (C=O) groups is 1. The maximum atomic E-state index is 13.8. The molecule has 220 valence electrons. The fourth-order valence-corrected chi connectivity index (χ4v) is 7.22. The van der Waals surface area contributed by atoms with E-state index in [1.165, 1.54) is 22.9 Å². The van der Waals surface area contributed by atoms with Crippen molar-refractivity contribution in [2.24, 2.45) is 5.92 Å². The number of sulfonamides is 1. The third kappa shape index (κ3) is 4.73. The zero-order valence-corrected chi connectivity index (χ0v) is 23.8. The highest BCUT2D eigenvalue weighted by Gasteiger charge is 2.43. The highest BCUT2D eigenvalue weighted by molar-refractivity contribution is 7.89. The number of halogens is 3. The van der Waals surface area contributed by atoms with Gasteiger partial charge in [-0.15, -0.1) is 10.2 Å². The molecular formula is C24H27F3N8O4S2. The van der Waals surface area contributed by atoms with Crippen LogP contribution in [0.15, 0.2) is 29.4 Å². The van der Waals surface area contributed by atoms with E-state index in [4.69, 9.17) is 4.74 Å². The van der Waals surface area contributed by atoms with Gasteiger partial charge in [0.1, 0.15) is 12.2 Å². The third-order valence-corrected chi connectivity index (χ3v) is 9.73. The number of benzene rings is 1. The first-order valence-electron chi connectivity index (χ1n) is 12.9. The smallest absolute Gasteiger partial charge is 0.291 e. The van der Waals surface area contributed by atoms with Crippen molar-refractivity contribution in [3.63, 3.8) is 0 Å². The van der Waals surface area contributed by atoms with E-state index in [0.29, 0.717) is 60.0 Å². The van der Waals surface area contributed by atoms with Gasteiger partial charge in [-0.05, 0) is 12.1 Å². The van der Waals surface area contributed by atoms with Crippen molar-refractivity contribution in [3.05, 3.63) is 29.5 Å². The van der Waals surface area contributed by atoms with Crippen LogP contribution in [0.3, 0.4) is 0 Å². The van der Waals surface area contributed by atoms with Gasteiger partial charge in [-0.25, -0.2) is 26.6 Å². The number of aromatic nitrogens is 5. The first kappa shape index (κ1) is 27.9. The molecule has 1 aromatic carbocycles. The first-order valence-corrected chi connectivity index (χ1v) is 15.2. The minimum absolute atomic E-state index is 0.0313. The van der Waals surface area contributed by atoms with E-state index in [1.54, 1.807) is 15.5 Å². The summed E-state index contributed by atoms with van der Waals surface area (Å²) in [5, 5.41) is 7.14. The molecule has 3 aromatic heterocycles. The number of hydrogen-bond donors (Lipinski definition) is 1. The Labute approximate surface area is 236 Å². The molecule has 0 aliphatic carbocycles. The largest absolute Gasteiger partial charge is 0.377 e. The Bertz CT molecular complexity index is 1720. The van der Waals surface area contributed by atoms with Crippen LogP contribution >= 0.6 is 11.3 Å². The lowest BCUT2D eigenvalue weighted by atomic mass is 10.0. The summed E-state index contributed by atoms with van der Waals surface area (Å²) >= 11 is 0.668. The van der Waals surface area contributed by atoms with Crippen molar-refractivity contribution >= 4 is 49.8 Å². The molecule has 12 nitrogen and oxygen atoms in total. The summed E-state index contributed by atoms with van der Waals surface area (Å²) in [6.45, 7) is 4.22. The number of carbonyl (C=O) groups excluding carboxylic acids is 1. The number of alkyl halides is 3. The summed E-state index contributed by atoms with van der Waals surface area (Å²) < 4.78 is 78.6. The molecule has 1 amide bonds. The van der Waals surface area contributed by atoms with E-state index < -0.39 is 33.7 Å². The first-order chi connectivity index (χ1) is 19.5. The number of ether oxygens (including phenoxy) is 1. The van der Waals surface area contributed by atoms with Gasteiger partial charge in [-0.3, -0.25) is 13.8 Å². The number of imidazole rings is 2. The molecule has 1 N–H and O–H groups in total. The van der Waals surface area contributed by atoms with E-state index in [9.17, 15) is 26.4 Å². The summed E-state index contributed by atoms with van der Waals surface area (Å²) in [6.07, 6.45) is 0.388. The minimum Gasteiger partial charge on any atom is -0.377 e. The molecule has 4 aromatic rings. The Balaban J connectivity index is 1.52. The molecule has 17 heteroatoms. The van der Waals surface area contributed by atoms with Gasteiger partial charge in [0.2, 0.25) is 26.8 Å². The zero-order valence-electron chi connectivity index (χ0n) is 22.1. The lowest BCUT2D eigenvalue weighted by Crippen LogP contribution is -2.63. The van der Waals surface area contributed by atoms with E-state index >= 15 is 0 Å². The summed E-state index contributed by atoms with van der Waals surface area (Å²) in [5.41, 5.74) is 0.0709. The maximum absolute atomic E-state index is 13.8.